The van der Waals surface area contributed by atoms with E-state index in [4.69, 9.17) is 33.2 Å². The molecule has 2 aromatic carbocycles. The second-order valence-electron chi connectivity index (χ2n) is 8.42. The number of nitrogens with zero attached hydrogens (tertiary/aromatic N) is 3. The number of hydrogen-bond donors (Lipinski definition) is 1. The smallest absolute Gasteiger partial charge is 0.299 e. The summed E-state index contributed by atoms with van der Waals surface area (Å²) in [6, 6.07) is 9.24. The first-order chi connectivity index (χ1) is 20.9. The van der Waals surface area contributed by atoms with Gasteiger partial charge in [0, 0.05) is 24.7 Å². The number of nitro benzene ring substituents is 3. The van der Waals surface area contributed by atoms with E-state index in [0.717, 1.165) is 6.07 Å². The maximum Gasteiger partial charge on any atom is 0.299 e. The van der Waals surface area contributed by atoms with Crippen LogP contribution >= 0.6 is 0 Å². The largest absolute Gasteiger partial charge is 0.491 e. The van der Waals surface area contributed by atoms with Crippen molar-refractivity contribution in [3.63, 3.8) is 0 Å². The average Bonchev–Trinajstić information content (AvgIpc) is 2.99. The topological polar surface area (TPSA) is 206 Å². The number of non-ortho nitro benzene ring substituents is 2. The van der Waals surface area contributed by atoms with Gasteiger partial charge in [-0.3, -0.25) is 30.3 Å². The minimum Gasteiger partial charge on any atom is -0.491 e. The lowest BCUT2D eigenvalue weighted by Gasteiger charge is -2.09. The Hall–Kier alpha value is -4.00. The van der Waals surface area contributed by atoms with Crippen molar-refractivity contribution in [1.29, 1.82) is 0 Å². The Labute approximate surface area is 247 Å². The van der Waals surface area contributed by atoms with Gasteiger partial charge in [-0.25, -0.2) is 0 Å². The molecule has 0 aliphatic rings. The van der Waals surface area contributed by atoms with Crippen LogP contribution in [-0.2, 0) is 28.4 Å². The predicted molar refractivity (Wildman–Crippen MR) is 152 cm³/mol. The Morgan fingerprint density at radius 1 is 0.512 bits per heavy atom. The van der Waals surface area contributed by atoms with Gasteiger partial charge in [0.05, 0.1) is 100 Å². The summed E-state index contributed by atoms with van der Waals surface area (Å²) in [5, 5.41) is 35.3. The van der Waals surface area contributed by atoms with Gasteiger partial charge in [0.25, 0.3) is 17.1 Å². The highest BCUT2D eigenvalue weighted by atomic mass is 16.6. The Bertz CT molecular complexity index is 1100. The van der Waals surface area contributed by atoms with Crippen molar-refractivity contribution in [3.05, 3.63) is 72.8 Å². The molecular formula is C26H36N4O13. The molecule has 17 nitrogen and oxygen atoms in total. The molecule has 0 aliphatic heterocycles. The normalized spacial score (nSPS) is 10.9. The zero-order valence-electron chi connectivity index (χ0n) is 23.6. The summed E-state index contributed by atoms with van der Waals surface area (Å²) in [5.41, 5.74) is -0.539. The zero-order chi connectivity index (χ0) is 31.1. The van der Waals surface area contributed by atoms with E-state index in [0.29, 0.717) is 85.0 Å². The number of hydrogen-bond acceptors (Lipinski definition) is 14. The summed E-state index contributed by atoms with van der Waals surface area (Å²) >= 11 is 0. The summed E-state index contributed by atoms with van der Waals surface area (Å²) in [4.78, 5) is 30.7. The molecule has 2 aromatic rings. The van der Waals surface area contributed by atoms with Gasteiger partial charge in [0.1, 0.15) is 18.0 Å². The lowest BCUT2D eigenvalue weighted by Crippen LogP contribution is -2.15. The van der Waals surface area contributed by atoms with Gasteiger partial charge in [-0.2, -0.15) is 0 Å². The van der Waals surface area contributed by atoms with E-state index in [1.165, 1.54) is 36.4 Å². The molecule has 0 atom stereocenters. The van der Waals surface area contributed by atoms with Gasteiger partial charge in [0.2, 0.25) is 0 Å². The lowest BCUT2D eigenvalue weighted by molar-refractivity contribution is -0.393. The summed E-state index contributed by atoms with van der Waals surface area (Å²) in [5.74, 6) is 0.535. The monoisotopic (exact) mass is 612 g/mol. The standard InChI is InChI=1S/C26H36N4O13/c31-28(32)22-1-4-24(5-2-22)43-20-19-42-18-17-41-16-15-40-14-13-39-12-11-38-10-9-37-8-7-27-25-6-3-23(29(33)34)21-26(25)30(35)36/h1-6,21,27H,7-20H2. The number of ether oxygens (including phenoxy) is 7. The fraction of sp³-hybridized carbons (Fsp3) is 0.538. The van der Waals surface area contributed by atoms with E-state index in [2.05, 4.69) is 5.32 Å². The third-order valence-corrected chi connectivity index (χ3v) is 5.35. The maximum atomic E-state index is 11.1. The van der Waals surface area contributed by atoms with Gasteiger partial charge in [-0.1, -0.05) is 0 Å². The van der Waals surface area contributed by atoms with Crippen molar-refractivity contribution >= 4 is 22.7 Å². The van der Waals surface area contributed by atoms with Crippen LogP contribution < -0.4 is 10.1 Å². The molecule has 2 rings (SSSR count). The first kappa shape index (κ1) is 35.2. The number of nitro groups is 3. The maximum absolute atomic E-state index is 11.1. The number of nitrogens with one attached hydrogen (secondary N) is 1. The van der Waals surface area contributed by atoms with Crippen LogP contribution in [0.15, 0.2) is 42.5 Å². The van der Waals surface area contributed by atoms with Crippen LogP contribution in [0.4, 0.5) is 22.7 Å². The highest BCUT2D eigenvalue weighted by Gasteiger charge is 2.19. The summed E-state index contributed by atoms with van der Waals surface area (Å²) in [6.45, 7) is 5.20. The summed E-state index contributed by atoms with van der Waals surface area (Å²) in [6.07, 6.45) is 0. The first-order valence-corrected chi connectivity index (χ1v) is 13.4. The van der Waals surface area contributed by atoms with Crippen molar-refractivity contribution in [2.75, 3.05) is 97.8 Å². The Kier molecular flexibility index (Phi) is 17.7. The molecule has 0 bridgehead atoms. The van der Waals surface area contributed by atoms with E-state index in [-0.39, 0.29) is 35.9 Å². The minimum absolute atomic E-state index is 0.00861. The van der Waals surface area contributed by atoms with Gasteiger partial charge >= 0.3 is 0 Å². The van der Waals surface area contributed by atoms with Crippen LogP contribution in [0.25, 0.3) is 0 Å². The van der Waals surface area contributed by atoms with Crippen molar-refractivity contribution in [1.82, 2.24) is 0 Å². The predicted octanol–water partition coefficient (Wildman–Crippen LogP) is 3.00. The van der Waals surface area contributed by atoms with Crippen LogP contribution in [0.5, 0.6) is 5.75 Å². The fourth-order valence-corrected chi connectivity index (χ4v) is 3.28. The Morgan fingerprint density at radius 2 is 0.930 bits per heavy atom. The van der Waals surface area contributed by atoms with Crippen molar-refractivity contribution in [2.45, 2.75) is 0 Å². The average molecular weight is 613 g/mol. The van der Waals surface area contributed by atoms with Crippen LogP contribution in [-0.4, -0.2) is 107 Å². The number of rotatable bonds is 26. The van der Waals surface area contributed by atoms with Crippen LogP contribution in [0.3, 0.4) is 0 Å². The molecule has 0 spiro atoms. The molecule has 17 heteroatoms. The zero-order valence-corrected chi connectivity index (χ0v) is 23.6. The second kappa shape index (κ2) is 21.7. The molecule has 0 heterocycles. The van der Waals surface area contributed by atoms with Gasteiger partial charge < -0.3 is 38.5 Å². The molecule has 1 N–H and O–H groups in total. The highest BCUT2D eigenvalue weighted by Crippen LogP contribution is 2.28. The molecule has 0 aromatic heterocycles. The Morgan fingerprint density at radius 3 is 1.37 bits per heavy atom. The van der Waals surface area contributed by atoms with E-state index in [1.807, 2.05) is 0 Å². The van der Waals surface area contributed by atoms with E-state index in [9.17, 15) is 30.3 Å². The summed E-state index contributed by atoms with van der Waals surface area (Å²) < 4.78 is 37.9. The summed E-state index contributed by atoms with van der Waals surface area (Å²) in [7, 11) is 0. The third-order valence-electron chi connectivity index (χ3n) is 5.35. The van der Waals surface area contributed by atoms with Gasteiger partial charge in [-0.05, 0) is 18.2 Å². The fourth-order valence-electron chi connectivity index (χ4n) is 3.28. The molecule has 0 saturated heterocycles. The molecule has 0 fully saturated rings. The van der Waals surface area contributed by atoms with Crippen molar-refractivity contribution in [3.8, 4) is 5.75 Å². The Balaban J connectivity index is 1.30. The third kappa shape index (κ3) is 15.7. The first-order valence-electron chi connectivity index (χ1n) is 13.4. The highest BCUT2D eigenvalue weighted by molar-refractivity contribution is 5.65. The minimum atomic E-state index is -0.688. The van der Waals surface area contributed by atoms with Gasteiger partial charge in [0.15, 0.2) is 0 Å². The molecule has 0 aliphatic carbocycles. The lowest BCUT2D eigenvalue weighted by atomic mass is 10.2. The van der Waals surface area contributed by atoms with Crippen molar-refractivity contribution < 1.29 is 47.9 Å². The number of anilines is 1. The SMILES string of the molecule is O=[N+]([O-])c1ccc(OCCOCCOCCOCCOCCOCCOCCNc2ccc([N+](=O)[O-])cc2[N+](=O)[O-])cc1. The van der Waals surface area contributed by atoms with E-state index in [1.54, 1.807) is 0 Å². The quantitative estimate of drug-likeness (QED) is 0.0921. The van der Waals surface area contributed by atoms with Gasteiger partial charge in [-0.15, -0.1) is 0 Å². The molecule has 0 unspecified atom stereocenters. The van der Waals surface area contributed by atoms with Crippen LogP contribution in [0.2, 0.25) is 0 Å². The van der Waals surface area contributed by atoms with Crippen molar-refractivity contribution in [2.24, 2.45) is 0 Å². The van der Waals surface area contributed by atoms with Crippen LogP contribution in [0, 0.1) is 30.3 Å². The number of benzene rings is 2. The van der Waals surface area contributed by atoms with Crippen LogP contribution in [0.1, 0.15) is 0 Å². The molecular weight excluding hydrogens is 576 g/mol. The molecule has 238 valence electrons. The van der Waals surface area contributed by atoms with E-state index < -0.39 is 14.8 Å². The van der Waals surface area contributed by atoms with E-state index >= 15 is 0 Å². The molecule has 0 radical (unpaired) electrons. The molecule has 0 amide bonds. The second-order valence-corrected chi connectivity index (χ2v) is 8.42. The molecule has 43 heavy (non-hydrogen) atoms. The molecule has 0 saturated carbocycles.